The number of ether oxygens (including phenoxy) is 1. The third-order valence-corrected chi connectivity index (χ3v) is 6.58. The number of carbonyl (C=O) groups is 1. The fourth-order valence-electron chi connectivity index (χ4n) is 3.17. The monoisotopic (exact) mass is 419 g/mol. The highest BCUT2D eigenvalue weighted by atomic mass is 32.2. The minimum atomic E-state index is -3.73. The second kappa shape index (κ2) is 8.58. The molecule has 0 radical (unpaired) electrons. The van der Waals surface area contributed by atoms with Crippen LogP contribution in [-0.4, -0.2) is 43.8 Å². The maximum Gasteiger partial charge on any atom is 0.271 e. The average Bonchev–Trinajstić information content (AvgIpc) is 2.74. The van der Waals surface area contributed by atoms with E-state index in [1.54, 1.807) is 0 Å². The Labute approximate surface area is 168 Å². The van der Waals surface area contributed by atoms with Gasteiger partial charge >= 0.3 is 0 Å². The Balaban J connectivity index is 1.91. The highest BCUT2D eigenvalue weighted by molar-refractivity contribution is 7.89. The molecule has 0 aliphatic carbocycles. The molecular formula is C19H21N3O6S. The second-order valence-corrected chi connectivity index (χ2v) is 8.53. The maximum absolute atomic E-state index is 12.9. The predicted octanol–water partition coefficient (Wildman–Crippen LogP) is 3.03. The number of anilines is 1. The first kappa shape index (κ1) is 20.7. The molecule has 9 nitrogen and oxygen atoms in total. The number of piperidine rings is 1. The molecule has 0 unspecified atom stereocenters. The molecule has 1 saturated heterocycles. The van der Waals surface area contributed by atoms with E-state index < -0.39 is 20.9 Å². The third-order valence-electron chi connectivity index (χ3n) is 4.68. The van der Waals surface area contributed by atoms with Crippen LogP contribution in [0.3, 0.4) is 0 Å². The van der Waals surface area contributed by atoms with Crippen LogP contribution in [0.2, 0.25) is 0 Å². The predicted molar refractivity (Wildman–Crippen MR) is 107 cm³/mol. The van der Waals surface area contributed by atoms with Crippen molar-refractivity contribution >= 4 is 27.3 Å². The van der Waals surface area contributed by atoms with Crippen LogP contribution in [0.1, 0.15) is 29.6 Å². The topological polar surface area (TPSA) is 119 Å². The van der Waals surface area contributed by atoms with Crippen molar-refractivity contribution in [1.29, 1.82) is 0 Å². The summed E-state index contributed by atoms with van der Waals surface area (Å²) in [5, 5.41) is 13.5. The summed E-state index contributed by atoms with van der Waals surface area (Å²) in [6, 6.07) is 9.59. The molecule has 29 heavy (non-hydrogen) atoms. The van der Waals surface area contributed by atoms with Gasteiger partial charge in [0.1, 0.15) is 5.75 Å². The molecule has 0 bridgehead atoms. The van der Waals surface area contributed by atoms with Crippen LogP contribution >= 0.6 is 0 Å². The summed E-state index contributed by atoms with van der Waals surface area (Å²) in [5.74, 6) is -0.427. The zero-order valence-electron chi connectivity index (χ0n) is 15.8. The van der Waals surface area contributed by atoms with Gasteiger partial charge in [-0.2, -0.15) is 4.31 Å². The fourth-order valence-corrected chi connectivity index (χ4v) is 4.72. The third kappa shape index (κ3) is 4.54. The molecule has 1 heterocycles. The SMILES string of the molecule is COc1ccc(S(=O)(=O)N2CCCCC2)cc1C(=O)Nc1cccc([N+](=O)[O-])c1. The zero-order valence-corrected chi connectivity index (χ0v) is 16.6. The lowest BCUT2D eigenvalue weighted by Crippen LogP contribution is -2.35. The van der Waals surface area contributed by atoms with E-state index in [1.165, 1.54) is 53.9 Å². The number of non-ortho nitro benzene ring substituents is 1. The first-order chi connectivity index (χ1) is 13.8. The molecule has 10 heteroatoms. The van der Waals surface area contributed by atoms with Crippen molar-refractivity contribution in [3.8, 4) is 5.75 Å². The number of benzene rings is 2. The molecule has 3 rings (SSSR count). The molecule has 1 amide bonds. The number of amides is 1. The van der Waals surface area contributed by atoms with Crippen molar-refractivity contribution in [3.63, 3.8) is 0 Å². The molecular weight excluding hydrogens is 398 g/mol. The van der Waals surface area contributed by atoms with Crippen LogP contribution in [-0.2, 0) is 10.0 Å². The summed E-state index contributed by atoms with van der Waals surface area (Å²) in [5.41, 5.74) is 0.0730. The number of nitro groups is 1. The number of hydrogen-bond donors (Lipinski definition) is 1. The van der Waals surface area contributed by atoms with Crippen LogP contribution in [0.15, 0.2) is 47.4 Å². The van der Waals surface area contributed by atoms with Crippen LogP contribution in [0.4, 0.5) is 11.4 Å². The molecule has 1 aliphatic heterocycles. The lowest BCUT2D eigenvalue weighted by atomic mass is 10.1. The number of hydrogen-bond acceptors (Lipinski definition) is 6. The number of nitro benzene ring substituents is 1. The van der Waals surface area contributed by atoms with Gasteiger partial charge in [0.05, 0.1) is 22.5 Å². The Morgan fingerprint density at radius 3 is 2.52 bits per heavy atom. The van der Waals surface area contributed by atoms with Crippen LogP contribution in [0, 0.1) is 10.1 Å². The highest BCUT2D eigenvalue weighted by Crippen LogP contribution is 2.27. The summed E-state index contributed by atoms with van der Waals surface area (Å²) < 4.78 is 32.5. The van der Waals surface area contributed by atoms with Gasteiger partial charge in [0.2, 0.25) is 10.0 Å². The molecule has 0 aromatic heterocycles. The van der Waals surface area contributed by atoms with E-state index in [4.69, 9.17) is 4.74 Å². The standard InChI is InChI=1S/C19H21N3O6S/c1-28-18-9-8-16(29(26,27)21-10-3-2-4-11-21)13-17(18)19(23)20-14-6-5-7-15(12-14)22(24)25/h5-9,12-13H,2-4,10-11H2,1H3,(H,20,23). The van der Waals surface area contributed by atoms with Gasteiger partial charge in [0, 0.05) is 30.9 Å². The van der Waals surface area contributed by atoms with Crippen molar-refractivity contribution in [2.24, 2.45) is 0 Å². The number of nitrogens with one attached hydrogen (secondary N) is 1. The fraction of sp³-hybridized carbons (Fsp3) is 0.316. The maximum atomic E-state index is 12.9. The second-order valence-electron chi connectivity index (χ2n) is 6.59. The molecule has 0 spiro atoms. The van der Waals surface area contributed by atoms with E-state index >= 15 is 0 Å². The smallest absolute Gasteiger partial charge is 0.271 e. The van der Waals surface area contributed by atoms with Crippen molar-refractivity contribution in [1.82, 2.24) is 4.31 Å². The van der Waals surface area contributed by atoms with E-state index in [0.29, 0.717) is 13.1 Å². The largest absolute Gasteiger partial charge is 0.496 e. The zero-order chi connectivity index (χ0) is 21.0. The van der Waals surface area contributed by atoms with Gasteiger partial charge in [0.15, 0.2) is 0 Å². The van der Waals surface area contributed by atoms with Crippen molar-refractivity contribution in [2.75, 3.05) is 25.5 Å². The summed E-state index contributed by atoms with van der Waals surface area (Å²) in [6.45, 7) is 0.896. The van der Waals surface area contributed by atoms with Crippen molar-refractivity contribution in [2.45, 2.75) is 24.2 Å². The molecule has 0 saturated carbocycles. The Kier molecular flexibility index (Phi) is 6.14. The van der Waals surface area contributed by atoms with Gasteiger partial charge in [0.25, 0.3) is 11.6 Å². The molecule has 1 aliphatic rings. The van der Waals surface area contributed by atoms with Gasteiger partial charge < -0.3 is 10.1 Å². The Hall–Kier alpha value is -2.98. The lowest BCUT2D eigenvalue weighted by molar-refractivity contribution is -0.384. The van der Waals surface area contributed by atoms with E-state index in [-0.39, 0.29) is 27.6 Å². The van der Waals surface area contributed by atoms with Crippen LogP contribution in [0.5, 0.6) is 5.75 Å². The average molecular weight is 419 g/mol. The van der Waals surface area contributed by atoms with Gasteiger partial charge in [-0.15, -0.1) is 0 Å². The molecule has 154 valence electrons. The van der Waals surface area contributed by atoms with Crippen LogP contribution in [0.25, 0.3) is 0 Å². The minimum absolute atomic E-state index is 0.00407. The van der Waals surface area contributed by atoms with E-state index in [1.807, 2.05) is 0 Å². The Morgan fingerprint density at radius 2 is 1.86 bits per heavy atom. The first-order valence-corrected chi connectivity index (χ1v) is 10.5. The van der Waals surface area contributed by atoms with Crippen molar-refractivity contribution in [3.05, 3.63) is 58.1 Å². The Bertz CT molecular complexity index is 1030. The van der Waals surface area contributed by atoms with E-state index in [0.717, 1.165) is 19.3 Å². The summed E-state index contributed by atoms with van der Waals surface area (Å²) >= 11 is 0. The molecule has 2 aromatic carbocycles. The first-order valence-electron chi connectivity index (χ1n) is 9.07. The lowest BCUT2D eigenvalue weighted by Gasteiger charge is -2.26. The number of sulfonamides is 1. The summed E-state index contributed by atoms with van der Waals surface area (Å²) in [7, 11) is -2.35. The van der Waals surface area contributed by atoms with Gasteiger partial charge in [-0.25, -0.2) is 8.42 Å². The number of rotatable bonds is 6. The number of methoxy groups -OCH3 is 1. The summed E-state index contributed by atoms with van der Waals surface area (Å²) in [6.07, 6.45) is 2.59. The molecule has 0 atom stereocenters. The molecule has 1 N–H and O–H groups in total. The number of nitrogens with zero attached hydrogens (tertiary/aromatic N) is 2. The van der Waals surface area contributed by atoms with Gasteiger partial charge in [-0.05, 0) is 37.1 Å². The number of carbonyl (C=O) groups excluding carboxylic acids is 1. The quantitative estimate of drug-likeness (QED) is 0.568. The summed E-state index contributed by atoms with van der Waals surface area (Å²) in [4.78, 5) is 23.1. The van der Waals surface area contributed by atoms with E-state index in [2.05, 4.69) is 5.32 Å². The molecule has 1 fully saturated rings. The minimum Gasteiger partial charge on any atom is -0.496 e. The normalized spacial score (nSPS) is 14.9. The van der Waals surface area contributed by atoms with E-state index in [9.17, 15) is 23.3 Å². The van der Waals surface area contributed by atoms with Crippen LogP contribution < -0.4 is 10.1 Å². The Morgan fingerprint density at radius 1 is 1.14 bits per heavy atom. The highest BCUT2D eigenvalue weighted by Gasteiger charge is 2.27. The van der Waals surface area contributed by atoms with Gasteiger partial charge in [-0.1, -0.05) is 12.5 Å². The molecule has 2 aromatic rings. The van der Waals surface area contributed by atoms with Crippen molar-refractivity contribution < 1.29 is 22.9 Å². The van der Waals surface area contributed by atoms with Gasteiger partial charge in [-0.3, -0.25) is 14.9 Å².